The summed E-state index contributed by atoms with van der Waals surface area (Å²) in [5.74, 6) is 0.0172. The van der Waals surface area contributed by atoms with Gasteiger partial charge in [0.15, 0.2) is 5.78 Å². The van der Waals surface area contributed by atoms with Crippen LogP contribution in [0.15, 0.2) is 42.5 Å². The van der Waals surface area contributed by atoms with Gasteiger partial charge in [-0.3, -0.25) is 4.79 Å². The molecular weight excluding hydrogens is 359 g/mol. The van der Waals surface area contributed by atoms with Crippen LogP contribution in [-0.4, -0.2) is 5.78 Å². The van der Waals surface area contributed by atoms with E-state index in [0.29, 0.717) is 16.1 Å². The number of benzene rings is 2. The summed E-state index contributed by atoms with van der Waals surface area (Å²) in [4.78, 5) is 12.3. The van der Waals surface area contributed by atoms with E-state index >= 15 is 0 Å². The Kier molecular flexibility index (Phi) is 4.40. The number of aryl methyl sites for hydroxylation is 1. The summed E-state index contributed by atoms with van der Waals surface area (Å²) in [6, 6.07) is 13.1. The van der Waals surface area contributed by atoms with E-state index in [1.807, 2.05) is 36.4 Å². The number of ketones is 1. The molecule has 0 unspecified atom stereocenters. The van der Waals surface area contributed by atoms with Crippen LogP contribution in [0.2, 0.25) is 5.02 Å². The molecule has 0 amide bonds. The Balaban J connectivity index is 2.38. The van der Waals surface area contributed by atoms with Gasteiger partial charge in [0.05, 0.1) is 5.02 Å². The molecule has 3 heteroatoms. The zero-order valence-electron chi connectivity index (χ0n) is 9.91. The van der Waals surface area contributed by atoms with Crippen molar-refractivity contribution in [2.45, 2.75) is 13.3 Å². The average Bonchev–Trinajstić information content (AvgIpc) is 2.41. The molecule has 0 aliphatic carbocycles. The molecule has 0 aliphatic heterocycles. The van der Waals surface area contributed by atoms with Gasteiger partial charge in [-0.2, -0.15) is 0 Å². The third-order valence-electron chi connectivity index (χ3n) is 2.78. The van der Waals surface area contributed by atoms with Gasteiger partial charge in [0.1, 0.15) is 0 Å². The highest BCUT2D eigenvalue weighted by Crippen LogP contribution is 2.21. The first-order valence-electron chi connectivity index (χ1n) is 5.70. The first-order chi connectivity index (χ1) is 8.61. The smallest absolute Gasteiger partial charge is 0.193 e. The fraction of sp³-hybridized carbons (Fsp3) is 0.133. The maximum Gasteiger partial charge on any atom is 0.193 e. The highest BCUT2D eigenvalue weighted by molar-refractivity contribution is 14.1. The highest BCUT2D eigenvalue weighted by atomic mass is 127. The standard InChI is InChI=1S/C15H12ClIO/c1-2-10-4-3-5-11(8-10)15(18)12-6-7-14(17)13(16)9-12/h3-9H,2H2,1H3. The van der Waals surface area contributed by atoms with Crippen LogP contribution in [0.4, 0.5) is 0 Å². The van der Waals surface area contributed by atoms with Gasteiger partial charge in [-0.15, -0.1) is 0 Å². The lowest BCUT2D eigenvalue weighted by Gasteiger charge is -2.04. The third kappa shape index (κ3) is 2.93. The van der Waals surface area contributed by atoms with Crippen molar-refractivity contribution in [2.24, 2.45) is 0 Å². The van der Waals surface area contributed by atoms with Crippen molar-refractivity contribution in [2.75, 3.05) is 0 Å². The molecule has 1 nitrogen and oxygen atoms in total. The lowest BCUT2D eigenvalue weighted by atomic mass is 10.0. The van der Waals surface area contributed by atoms with E-state index in [2.05, 4.69) is 29.5 Å². The maximum atomic E-state index is 12.3. The van der Waals surface area contributed by atoms with Crippen molar-refractivity contribution in [3.63, 3.8) is 0 Å². The molecule has 0 aliphatic rings. The van der Waals surface area contributed by atoms with Gasteiger partial charge < -0.3 is 0 Å². The number of halogens is 2. The van der Waals surface area contributed by atoms with Gasteiger partial charge in [-0.05, 0) is 58.8 Å². The summed E-state index contributed by atoms with van der Waals surface area (Å²) in [7, 11) is 0. The van der Waals surface area contributed by atoms with Crippen LogP contribution in [0.5, 0.6) is 0 Å². The van der Waals surface area contributed by atoms with Crippen molar-refractivity contribution in [1.82, 2.24) is 0 Å². The third-order valence-corrected chi connectivity index (χ3v) is 4.35. The molecule has 2 aromatic rings. The zero-order valence-corrected chi connectivity index (χ0v) is 12.8. The largest absolute Gasteiger partial charge is 0.289 e. The second-order valence-corrected chi connectivity index (χ2v) is 5.58. The second-order valence-electron chi connectivity index (χ2n) is 4.01. The van der Waals surface area contributed by atoms with E-state index in [1.165, 1.54) is 0 Å². The summed E-state index contributed by atoms with van der Waals surface area (Å²) >= 11 is 8.19. The Labute approximate surface area is 125 Å². The number of carbonyl (C=O) groups excluding carboxylic acids is 1. The summed E-state index contributed by atoms with van der Waals surface area (Å²) in [6.45, 7) is 2.07. The molecule has 0 atom stereocenters. The maximum absolute atomic E-state index is 12.3. The lowest BCUT2D eigenvalue weighted by molar-refractivity contribution is 0.103. The zero-order chi connectivity index (χ0) is 13.1. The lowest BCUT2D eigenvalue weighted by Crippen LogP contribution is -2.02. The minimum absolute atomic E-state index is 0.0172. The predicted octanol–water partition coefficient (Wildman–Crippen LogP) is 4.74. The Bertz CT molecular complexity index is 593. The van der Waals surface area contributed by atoms with E-state index in [1.54, 1.807) is 6.07 Å². The van der Waals surface area contributed by atoms with Crippen LogP contribution >= 0.6 is 34.2 Å². The predicted molar refractivity (Wildman–Crippen MR) is 83.4 cm³/mol. The molecular formula is C15H12ClIO. The van der Waals surface area contributed by atoms with Gasteiger partial charge in [-0.1, -0.05) is 36.7 Å². The molecule has 92 valence electrons. The molecule has 0 radical (unpaired) electrons. The van der Waals surface area contributed by atoms with E-state index in [-0.39, 0.29) is 5.78 Å². The molecule has 0 N–H and O–H groups in total. The Morgan fingerprint density at radius 3 is 2.56 bits per heavy atom. The van der Waals surface area contributed by atoms with Gasteiger partial charge in [0, 0.05) is 14.7 Å². The molecule has 2 aromatic carbocycles. The SMILES string of the molecule is CCc1cccc(C(=O)c2ccc(I)c(Cl)c2)c1. The molecule has 0 bridgehead atoms. The first kappa shape index (κ1) is 13.6. The Morgan fingerprint density at radius 1 is 1.17 bits per heavy atom. The van der Waals surface area contributed by atoms with Crippen LogP contribution in [0.3, 0.4) is 0 Å². The van der Waals surface area contributed by atoms with Crippen LogP contribution in [0.1, 0.15) is 28.4 Å². The minimum Gasteiger partial charge on any atom is -0.289 e. The molecule has 0 saturated heterocycles. The molecule has 0 aromatic heterocycles. The minimum atomic E-state index is 0.0172. The van der Waals surface area contributed by atoms with E-state index in [9.17, 15) is 4.79 Å². The van der Waals surface area contributed by atoms with Gasteiger partial charge in [0.2, 0.25) is 0 Å². The fourth-order valence-corrected chi connectivity index (χ4v) is 2.25. The quantitative estimate of drug-likeness (QED) is 0.563. The topological polar surface area (TPSA) is 17.1 Å². The van der Waals surface area contributed by atoms with Gasteiger partial charge in [-0.25, -0.2) is 0 Å². The van der Waals surface area contributed by atoms with Crippen molar-refractivity contribution >= 4 is 40.0 Å². The summed E-state index contributed by atoms with van der Waals surface area (Å²) in [5.41, 5.74) is 2.51. The van der Waals surface area contributed by atoms with Crippen molar-refractivity contribution < 1.29 is 4.79 Å². The van der Waals surface area contributed by atoms with E-state index < -0.39 is 0 Å². The summed E-state index contributed by atoms with van der Waals surface area (Å²) < 4.78 is 0.952. The normalized spacial score (nSPS) is 10.4. The Morgan fingerprint density at radius 2 is 1.89 bits per heavy atom. The van der Waals surface area contributed by atoms with E-state index in [4.69, 9.17) is 11.6 Å². The molecule has 0 heterocycles. The van der Waals surface area contributed by atoms with Crippen LogP contribution < -0.4 is 0 Å². The number of hydrogen-bond acceptors (Lipinski definition) is 1. The highest BCUT2D eigenvalue weighted by Gasteiger charge is 2.10. The number of carbonyl (C=O) groups is 1. The van der Waals surface area contributed by atoms with Crippen molar-refractivity contribution in [3.05, 3.63) is 67.7 Å². The summed E-state index contributed by atoms with van der Waals surface area (Å²) in [5, 5.41) is 0.619. The van der Waals surface area contributed by atoms with Gasteiger partial charge >= 0.3 is 0 Å². The number of hydrogen-bond donors (Lipinski definition) is 0. The fourth-order valence-electron chi connectivity index (χ4n) is 1.74. The van der Waals surface area contributed by atoms with Crippen LogP contribution in [0.25, 0.3) is 0 Å². The first-order valence-corrected chi connectivity index (χ1v) is 7.16. The second kappa shape index (κ2) is 5.85. The summed E-state index contributed by atoms with van der Waals surface area (Å²) in [6.07, 6.45) is 0.925. The van der Waals surface area contributed by atoms with Crippen LogP contribution in [-0.2, 0) is 6.42 Å². The average molecular weight is 371 g/mol. The molecule has 18 heavy (non-hydrogen) atoms. The van der Waals surface area contributed by atoms with Gasteiger partial charge in [0.25, 0.3) is 0 Å². The van der Waals surface area contributed by atoms with Crippen molar-refractivity contribution in [1.29, 1.82) is 0 Å². The van der Waals surface area contributed by atoms with Crippen molar-refractivity contribution in [3.8, 4) is 0 Å². The van der Waals surface area contributed by atoms with E-state index in [0.717, 1.165) is 15.6 Å². The Hall–Kier alpha value is -0.870. The van der Waals surface area contributed by atoms with Crippen LogP contribution in [0, 0.1) is 3.57 Å². The molecule has 0 fully saturated rings. The molecule has 2 rings (SSSR count). The monoisotopic (exact) mass is 370 g/mol. The molecule has 0 saturated carbocycles. The number of rotatable bonds is 3. The molecule has 0 spiro atoms.